The molecule has 1 aliphatic rings. The van der Waals surface area contributed by atoms with E-state index in [-0.39, 0.29) is 0 Å². The van der Waals surface area contributed by atoms with Crippen LogP contribution in [0.15, 0.2) is 12.2 Å². The average molecular weight is 438 g/mol. The molecule has 0 saturated carbocycles. The Kier molecular flexibility index (Phi) is 10.9. The van der Waals surface area contributed by atoms with E-state index in [9.17, 15) is 9.59 Å². The highest BCUT2D eigenvalue weighted by Gasteiger charge is 2.23. The lowest BCUT2D eigenvalue weighted by atomic mass is 10.0. The first kappa shape index (κ1) is 23.8. The highest BCUT2D eigenvalue weighted by Crippen LogP contribution is 2.29. The van der Waals surface area contributed by atoms with Gasteiger partial charge >= 0.3 is 11.9 Å². The number of nitrogens with one attached hydrogen (secondary N) is 1. The predicted octanol–water partition coefficient (Wildman–Crippen LogP) is 3.37. The second-order valence-corrected chi connectivity index (χ2v) is 8.52. The lowest BCUT2D eigenvalue weighted by Gasteiger charge is -2.35. The molecule has 152 valence electrons. The average Bonchev–Trinajstić information content (AvgIpc) is 2.91. The van der Waals surface area contributed by atoms with Gasteiger partial charge in [-0.1, -0.05) is 37.0 Å². The van der Waals surface area contributed by atoms with Crippen LogP contribution in [0.5, 0.6) is 0 Å². The van der Waals surface area contributed by atoms with Gasteiger partial charge in [0.2, 0.25) is 0 Å². The molecule has 0 bridgehead atoms. The van der Waals surface area contributed by atoms with Crippen molar-refractivity contribution in [1.82, 2.24) is 15.2 Å². The summed E-state index contributed by atoms with van der Waals surface area (Å²) in [6.07, 6.45) is 3.53. The summed E-state index contributed by atoms with van der Waals surface area (Å²) in [5.74, 6) is -1.86. The number of carboxylic acids is 2. The molecule has 0 spiro atoms. The van der Waals surface area contributed by atoms with Crippen molar-refractivity contribution in [2.24, 2.45) is 5.92 Å². The molecule has 0 unspecified atom stereocenters. The Bertz CT molecular complexity index is 630. The lowest BCUT2D eigenvalue weighted by Crippen LogP contribution is -2.44. The van der Waals surface area contributed by atoms with Crippen LogP contribution in [-0.4, -0.2) is 57.7 Å². The first-order chi connectivity index (χ1) is 12.7. The van der Waals surface area contributed by atoms with Crippen molar-refractivity contribution in [2.45, 2.75) is 39.3 Å². The van der Waals surface area contributed by atoms with E-state index in [2.05, 4.69) is 29.0 Å². The predicted molar refractivity (Wildman–Crippen MR) is 108 cm³/mol. The normalized spacial score (nSPS) is 15.2. The van der Waals surface area contributed by atoms with Crippen molar-refractivity contribution in [3.05, 3.63) is 26.6 Å². The molecule has 3 N–H and O–H groups in total. The summed E-state index contributed by atoms with van der Waals surface area (Å²) in [6.45, 7) is 8.69. The number of piperidine rings is 1. The molecule has 7 nitrogen and oxygen atoms in total. The number of aliphatic carboxylic acids is 2. The molecule has 1 fully saturated rings. The minimum absolute atomic E-state index is 0.537. The van der Waals surface area contributed by atoms with Crippen LogP contribution < -0.4 is 5.32 Å². The number of aromatic nitrogens is 1. The molecule has 0 aromatic carbocycles. The molecule has 10 heteroatoms. The number of carboxylic acid groups (broad SMARTS) is 2. The third-order valence-corrected chi connectivity index (χ3v) is 5.33. The van der Waals surface area contributed by atoms with E-state index in [1.807, 2.05) is 0 Å². The van der Waals surface area contributed by atoms with E-state index in [0.717, 1.165) is 31.1 Å². The summed E-state index contributed by atoms with van der Waals surface area (Å²) in [5, 5.41) is 19.6. The zero-order valence-electron chi connectivity index (χ0n) is 15.3. The van der Waals surface area contributed by atoms with Gasteiger partial charge in [0.1, 0.15) is 5.15 Å². The van der Waals surface area contributed by atoms with Gasteiger partial charge < -0.3 is 15.5 Å². The van der Waals surface area contributed by atoms with Crippen molar-refractivity contribution >= 4 is 46.5 Å². The molecule has 0 radical (unpaired) electrons. The van der Waals surface area contributed by atoms with E-state index in [4.69, 9.17) is 33.4 Å². The third-order valence-electron chi connectivity index (χ3n) is 3.76. The zero-order valence-corrected chi connectivity index (χ0v) is 17.6. The van der Waals surface area contributed by atoms with Crippen LogP contribution in [0.25, 0.3) is 0 Å². The minimum atomic E-state index is -1.26. The fourth-order valence-electron chi connectivity index (χ4n) is 2.71. The molecule has 0 aliphatic carbocycles. The smallest absolute Gasteiger partial charge is 0.328 e. The molecule has 27 heavy (non-hydrogen) atoms. The van der Waals surface area contributed by atoms with E-state index >= 15 is 0 Å². The topological polar surface area (TPSA) is 103 Å². The van der Waals surface area contributed by atoms with Gasteiger partial charge in [0.25, 0.3) is 0 Å². The van der Waals surface area contributed by atoms with Crippen LogP contribution in [0.1, 0.15) is 31.6 Å². The number of nitrogens with zero attached hydrogens (tertiary/aromatic N) is 2. The van der Waals surface area contributed by atoms with Gasteiger partial charge in [0.15, 0.2) is 4.47 Å². The van der Waals surface area contributed by atoms with Crippen molar-refractivity contribution in [3.63, 3.8) is 0 Å². The van der Waals surface area contributed by atoms with Crippen LogP contribution in [0, 0.1) is 5.92 Å². The first-order valence-electron chi connectivity index (χ1n) is 8.58. The highest BCUT2D eigenvalue weighted by atomic mass is 35.5. The number of halogens is 2. The SMILES string of the molecule is CC(C)CN(Cc1sc(Cl)nc1Cl)C1CCNCC1.O=C(O)C=CC(=O)O. The van der Waals surface area contributed by atoms with Crippen LogP contribution in [-0.2, 0) is 16.1 Å². The number of hydrogen-bond donors (Lipinski definition) is 3. The Morgan fingerprint density at radius 1 is 1.26 bits per heavy atom. The van der Waals surface area contributed by atoms with Gasteiger partial charge in [-0.3, -0.25) is 4.90 Å². The number of carbonyl (C=O) groups is 2. The van der Waals surface area contributed by atoms with Gasteiger partial charge in [0.05, 0.1) is 4.88 Å². The van der Waals surface area contributed by atoms with Gasteiger partial charge in [-0.2, -0.15) is 0 Å². The van der Waals surface area contributed by atoms with Crippen LogP contribution >= 0.6 is 34.5 Å². The second-order valence-electron chi connectivity index (χ2n) is 6.50. The summed E-state index contributed by atoms with van der Waals surface area (Å²) in [4.78, 5) is 26.8. The van der Waals surface area contributed by atoms with Crippen molar-refractivity contribution in [3.8, 4) is 0 Å². The molecule has 0 amide bonds. The monoisotopic (exact) mass is 437 g/mol. The molecule has 0 atom stereocenters. The third kappa shape index (κ3) is 10.1. The minimum Gasteiger partial charge on any atom is -0.478 e. The zero-order chi connectivity index (χ0) is 20.4. The van der Waals surface area contributed by atoms with E-state index < -0.39 is 11.9 Å². The molecule has 1 aromatic heterocycles. The van der Waals surface area contributed by atoms with E-state index in [0.29, 0.717) is 33.7 Å². The Morgan fingerprint density at radius 2 is 1.81 bits per heavy atom. The van der Waals surface area contributed by atoms with E-state index in [1.54, 1.807) is 0 Å². The molecular weight excluding hydrogens is 413 g/mol. The Labute approximate surface area is 173 Å². The summed E-state index contributed by atoms with van der Waals surface area (Å²) >= 11 is 13.6. The maximum atomic E-state index is 9.55. The van der Waals surface area contributed by atoms with Crippen LogP contribution in [0.3, 0.4) is 0 Å². The standard InChI is InChI=1S/C13H21Cl2N3S.C4H4O4/c1-9(2)7-18(10-3-5-16-6-4-10)8-11-12(14)17-13(15)19-11;5-3(6)1-2-4(7)8/h9-10,16H,3-8H2,1-2H3;1-2H,(H,5,6)(H,7,8). The van der Waals surface area contributed by atoms with Crippen molar-refractivity contribution in [2.75, 3.05) is 19.6 Å². The first-order valence-corrected chi connectivity index (χ1v) is 10.2. The molecule has 1 saturated heterocycles. The highest BCUT2D eigenvalue weighted by molar-refractivity contribution is 7.16. The summed E-state index contributed by atoms with van der Waals surface area (Å²) in [7, 11) is 0. The number of thiazole rings is 1. The van der Waals surface area contributed by atoms with Gasteiger partial charge in [-0.25, -0.2) is 14.6 Å². The van der Waals surface area contributed by atoms with Crippen LogP contribution in [0.4, 0.5) is 0 Å². The summed E-state index contributed by atoms with van der Waals surface area (Å²) < 4.78 is 0.537. The Hall–Kier alpha value is -1.19. The summed E-state index contributed by atoms with van der Waals surface area (Å²) in [5.41, 5.74) is 0. The molecule has 2 heterocycles. The van der Waals surface area contributed by atoms with E-state index in [1.165, 1.54) is 24.2 Å². The van der Waals surface area contributed by atoms with Gasteiger partial charge in [-0.05, 0) is 31.8 Å². The molecule has 2 rings (SSSR count). The molecular formula is C17H25Cl2N3O4S. The Morgan fingerprint density at radius 3 is 2.22 bits per heavy atom. The lowest BCUT2D eigenvalue weighted by molar-refractivity contribution is -0.134. The summed E-state index contributed by atoms with van der Waals surface area (Å²) in [6, 6.07) is 0.639. The van der Waals surface area contributed by atoms with Crippen molar-refractivity contribution in [1.29, 1.82) is 0 Å². The second kappa shape index (κ2) is 12.3. The molecule has 1 aromatic rings. The largest absolute Gasteiger partial charge is 0.478 e. The number of rotatable bonds is 7. The van der Waals surface area contributed by atoms with Crippen molar-refractivity contribution < 1.29 is 19.8 Å². The Balaban J connectivity index is 0.000000387. The molecule has 1 aliphatic heterocycles. The maximum Gasteiger partial charge on any atom is 0.328 e. The van der Waals surface area contributed by atoms with Crippen LogP contribution in [0.2, 0.25) is 9.62 Å². The maximum absolute atomic E-state index is 9.55. The fourth-order valence-corrected chi connectivity index (χ4v) is 4.13. The van der Waals surface area contributed by atoms with Gasteiger partial charge in [0, 0.05) is 31.3 Å². The quantitative estimate of drug-likeness (QED) is 0.561. The fraction of sp³-hybridized carbons (Fsp3) is 0.588. The number of hydrogen-bond acceptors (Lipinski definition) is 6. The van der Waals surface area contributed by atoms with Gasteiger partial charge in [-0.15, -0.1) is 11.3 Å².